The van der Waals surface area contributed by atoms with Gasteiger partial charge in [0.1, 0.15) is 17.6 Å². The maximum atomic E-state index is 5.88. The number of hydrogen-bond donors (Lipinski definition) is 1. The van der Waals surface area contributed by atoms with Crippen molar-refractivity contribution in [1.82, 2.24) is 5.32 Å². The first-order valence-electron chi connectivity index (χ1n) is 8.21. The molecule has 1 aliphatic heterocycles. The number of hydrogen-bond acceptors (Lipinski definition) is 3. The molecule has 1 N–H and O–H groups in total. The number of nitrogens with one attached hydrogen (secondary N) is 1. The van der Waals surface area contributed by atoms with Gasteiger partial charge in [-0.25, -0.2) is 0 Å². The summed E-state index contributed by atoms with van der Waals surface area (Å²) in [5, 5.41) is 3.76. The van der Waals surface area contributed by atoms with Crippen LogP contribution < -0.4 is 14.8 Å². The standard InChI is InChI=1S/C18H27NO2/c1-13-9-14-10-16(20-3)15(11-17(14)21-13)12-19-18(2)7-5-4-6-8-18/h10-11,13,19H,4-9,12H2,1-3H3. The number of methoxy groups -OCH3 is 1. The molecule has 3 rings (SSSR count). The minimum absolute atomic E-state index is 0.274. The summed E-state index contributed by atoms with van der Waals surface area (Å²) in [6, 6.07) is 4.32. The van der Waals surface area contributed by atoms with E-state index in [9.17, 15) is 0 Å². The summed E-state index contributed by atoms with van der Waals surface area (Å²) in [4.78, 5) is 0. The first-order valence-corrected chi connectivity index (χ1v) is 8.21. The average Bonchev–Trinajstić information content (AvgIpc) is 2.84. The summed E-state index contributed by atoms with van der Waals surface area (Å²) in [7, 11) is 1.76. The van der Waals surface area contributed by atoms with Crippen molar-refractivity contribution >= 4 is 0 Å². The molecule has 1 aliphatic carbocycles. The molecule has 1 atom stereocenters. The van der Waals surface area contributed by atoms with Crippen molar-refractivity contribution in [3.05, 3.63) is 23.3 Å². The molecular formula is C18H27NO2. The van der Waals surface area contributed by atoms with Gasteiger partial charge in [-0.1, -0.05) is 19.3 Å². The van der Waals surface area contributed by atoms with E-state index in [1.54, 1.807) is 7.11 Å². The molecule has 1 unspecified atom stereocenters. The summed E-state index contributed by atoms with van der Waals surface area (Å²) in [5.74, 6) is 2.02. The molecule has 2 aliphatic rings. The topological polar surface area (TPSA) is 30.5 Å². The number of rotatable bonds is 4. The highest BCUT2D eigenvalue weighted by Crippen LogP contribution is 2.35. The fraction of sp³-hybridized carbons (Fsp3) is 0.667. The predicted octanol–water partition coefficient (Wildman–Crippen LogP) is 3.83. The molecule has 116 valence electrons. The maximum Gasteiger partial charge on any atom is 0.123 e. The quantitative estimate of drug-likeness (QED) is 0.913. The molecule has 0 radical (unpaired) electrons. The van der Waals surface area contributed by atoms with Crippen LogP contribution in [0.2, 0.25) is 0 Å². The fourth-order valence-electron chi connectivity index (χ4n) is 3.63. The highest BCUT2D eigenvalue weighted by atomic mass is 16.5. The van der Waals surface area contributed by atoms with Crippen molar-refractivity contribution in [2.45, 2.75) is 70.6 Å². The maximum absolute atomic E-state index is 5.88. The summed E-state index contributed by atoms with van der Waals surface area (Å²) in [5.41, 5.74) is 2.75. The SMILES string of the molecule is COc1cc2c(cc1CNC1(C)CCCCC1)OC(C)C2. The Hall–Kier alpha value is -1.22. The van der Waals surface area contributed by atoms with Crippen molar-refractivity contribution in [2.75, 3.05) is 7.11 Å². The second-order valence-corrected chi connectivity index (χ2v) is 6.88. The number of benzene rings is 1. The lowest BCUT2D eigenvalue weighted by Crippen LogP contribution is -2.43. The van der Waals surface area contributed by atoms with E-state index in [1.165, 1.54) is 43.2 Å². The summed E-state index contributed by atoms with van der Waals surface area (Å²) < 4.78 is 11.5. The molecule has 1 fully saturated rings. The van der Waals surface area contributed by atoms with Gasteiger partial charge in [-0.2, -0.15) is 0 Å². The van der Waals surface area contributed by atoms with Crippen molar-refractivity contribution in [2.24, 2.45) is 0 Å². The Morgan fingerprint density at radius 3 is 2.76 bits per heavy atom. The summed E-state index contributed by atoms with van der Waals surface area (Å²) >= 11 is 0. The van der Waals surface area contributed by atoms with Crippen LogP contribution in [0.25, 0.3) is 0 Å². The van der Waals surface area contributed by atoms with Gasteiger partial charge in [0.15, 0.2) is 0 Å². The van der Waals surface area contributed by atoms with Crippen LogP contribution in [-0.4, -0.2) is 18.8 Å². The van der Waals surface area contributed by atoms with Gasteiger partial charge < -0.3 is 14.8 Å². The highest BCUT2D eigenvalue weighted by Gasteiger charge is 2.27. The van der Waals surface area contributed by atoms with Crippen LogP contribution >= 0.6 is 0 Å². The van der Waals surface area contributed by atoms with Crippen molar-refractivity contribution < 1.29 is 9.47 Å². The van der Waals surface area contributed by atoms with E-state index >= 15 is 0 Å². The van der Waals surface area contributed by atoms with Gasteiger partial charge in [0, 0.05) is 29.6 Å². The average molecular weight is 289 g/mol. The Kier molecular flexibility index (Phi) is 4.12. The van der Waals surface area contributed by atoms with Crippen LogP contribution in [0.5, 0.6) is 11.5 Å². The molecule has 1 heterocycles. The van der Waals surface area contributed by atoms with E-state index in [4.69, 9.17) is 9.47 Å². The largest absolute Gasteiger partial charge is 0.496 e. The fourth-order valence-corrected chi connectivity index (χ4v) is 3.63. The predicted molar refractivity (Wildman–Crippen MR) is 85.1 cm³/mol. The Bertz CT molecular complexity index is 506. The van der Waals surface area contributed by atoms with Crippen molar-refractivity contribution in [3.8, 4) is 11.5 Å². The smallest absolute Gasteiger partial charge is 0.123 e. The van der Waals surface area contributed by atoms with E-state index in [1.807, 2.05) is 0 Å². The van der Waals surface area contributed by atoms with E-state index in [2.05, 4.69) is 31.3 Å². The summed E-state index contributed by atoms with van der Waals surface area (Å²) in [6.45, 7) is 5.32. The lowest BCUT2D eigenvalue weighted by molar-refractivity contribution is 0.248. The first-order chi connectivity index (χ1) is 10.1. The minimum atomic E-state index is 0.274. The minimum Gasteiger partial charge on any atom is -0.496 e. The Morgan fingerprint density at radius 1 is 1.29 bits per heavy atom. The van der Waals surface area contributed by atoms with Crippen LogP contribution in [0.3, 0.4) is 0 Å². The monoisotopic (exact) mass is 289 g/mol. The third kappa shape index (κ3) is 3.18. The normalized spacial score (nSPS) is 23.5. The molecule has 0 amide bonds. The molecular weight excluding hydrogens is 262 g/mol. The Labute approximate surface area is 128 Å². The molecule has 21 heavy (non-hydrogen) atoms. The molecule has 0 saturated heterocycles. The van der Waals surface area contributed by atoms with E-state index in [0.717, 1.165) is 24.5 Å². The highest BCUT2D eigenvalue weighted by molar-refractivity contribution is 5.48. The van der Waals surface area contributed by atoms with Gasteiger partial charge >= 0.3 is 0 Å². The van der Waals surface area contributed by atoms with Gasteiger partial charge in [0.25, 0.3) is 0 Å². The number of fused-ring (bicyclic) bond motifs is 1. The first kappa shape index (κ1) is 14.7. The van der Waals surface area contributed by atoms with Gasteiger partial charge in [-0.05, 0) is 38.8 Å². The lowest BCUT2D eigenvalue weighted by Gasteiger charge is -2.35. The van der Waals surface area contributed by atoms with Crippen LogP contribution in [0.1, 0.15) is 57.1 Å². The molecule has 3 heteroatoms. The van der Waals surface area contributed by atoms with Gasteiger partial charge in [-0.3, -0.25) is 0 Å². The van der Waals surface area contributed by atoms with Crippen molar-refractivity contribution in [1.29, 1.82) is 0 Å². The van der Waals surface area contributed by atoms with Crippen LogP contribution in [0.15, 0.2) is 12.1 Å². The van der Waals surface area contributed by atoms with Gasteiger partial charge in [-0.15, -0.1) is 0 Å². The van der Waals surface area contributed by atoms with Gasteiger partial charge in [0.05, 0.1) is 7.11 Å². The third-order valence-electron chi connectivity index (χ3n) is 4.96. The van der Waals surface area contributed by atoms with Crippen molar-refractivity contribution in [3.63, 3.8) is 0 Å². The van der Waals surface area contributed by atoms with Crippen LogP contribution in [0, 0.1) is 0 Å². The van der Waals surface area contributed by atoms with Gasteiger partial charge in [0.2, 0.25) is 0 Å². The molecule has 1 aromatic rings. The zero-order chi connectivity index (χ0) is 14.9. The zero-order valence-corrected chi connectivity index (χ0v) is 13.5. The van der Waals surface area contributed by atoms with Crippen LogP contribution in [0.4, 0.5) is 0 Å². The molecule has 0 bridgehead atoms. The third-order valence-corrected chi connectivity index (χ3v) is 4.96. The molecule has 0 spiro atoms. The second kappa shape index (κ2) is 5.88. The molecule has 0 aromatic heterocycles. The lowest BCUT2D eigenvalue weighted by atomic mass is 9.83. The molecule has 3 nitrogen and oxygen atoms in total. The van der Waals surface area contributed by atoms with Crippen LogP contribution in [-0.2, 0) is 13.0 Å². The molecule has 1 saturated carbocycles. The van der Waals surface area contributed by atoms with E-state index in [-0.39, 0.29) is 11.6 Å². The molecule has 1 aromatic carbocycles. The second-order valence-electron chi connectivity index (χ2n) is 6.88. The van der Waals surface area contributed by atoms with E-state index in [0.29, 0.717) is 0 Å². The number of ether oxygens (including phenoxy) is 2. The zero-order valence-electron chi connectivity index (χ0n) is 13.5. The Balaban J connectivity index is 1.74. The van der Waals surface area contributed by atoms with E-state index < -0.39 is 0 Å². The Morgan fingerprint density at radius 2 is 2.05 bits per heavy atom. The summed E-state index contributed by atoms with van der Waals surface area (Å²) in [6.07, 6.45) is 7.87.